The van der Waals surface area contributed by atoms with Crippen molar-refractivity contribution in [3.63, 3.8) is 0 Å². The Morgan fingerprint density at radius 2 is 1.95 bits per heavy atom. The molecule has 0 radical (unpaired) electrons. The third-order valence-electron chi connectivity index (χ3n) is 2.99. The summed E-state index contributed by atoms with van der Waals surface area (Å²) in [5.41, 5.74) is 1.95. The van der Waals surface area contributed by atoms with E-state index in [0.717, 1.165) is 11.1 Å². The lowest BCUT2D eigenvalue weighted by atomic mass is 10.1. The van der Waals surface area contributed by atoms with Crippen molar-refractivity contribution in [2.45, 2.75) is 6.92 Å². The van der Waals surface area contributed by atoms with Gasteiger partial charge < -0.3 is 9.73 Å². The number of nitrogens with one attached hydrogen (secondary N) is 2. The number of benzene rings is 2. The van der Waals surface area contributed by atoms with Crippen molar-refractivity contribution in [2.24, 2.45) is 0 Å². The first-order chi connectivity index (χ1) is 9.63. The summed E-state index contributed by atoms with van der Waals surface area (Å²) in [4.78, 5) is 0. The van der Waals surface area contributed by atoms with Crippen LogP contribution in [0.25, 0.3) is 22.3 Å². The molecule has 3 rings (SSSR count). The molecule has 20 heavy (non-hydrogen) atoms. The van der Waals surface area contributed by atoms with Crippen LogP contribution in [0.15, 0.2) is 52.9 Å². The molecule has 0 saturated heterocycles. The van der Waals surface area contributed by atoms with Gasteiger partial charge in [-0.25, -0.2) is 4.39 Å². The second kappa shape index (κ2) is 4.81. The topological polar surface area (TPSA) is 49.0 Å². The zero-order chi connectivity index (χ0) is 14.1. The van der Waals surface area contributed by atoms with Gasteiger partial charge >= 0.3 is 0 Å². The molecule has 1 heterocycles. The summed E-state index contributed by atoms with van der Waals surface area (Å²) < 4.78 is 19.4. The third kappa shape index (κ3) is 2.28. The summed E-state index contributed by atoms with van der Waals surface area (Å²) in [6.45, 7) is 1.67. The monoisotopic (exact) mass is 268 g/mol. The molecule has 1 aromatic heterocycles. The lowest BCUT2D eigenvalue weighted by molar-refractivity contribution is 0.601. The summed E-state index contributed by atoms with van der Waals surface area (Å²) in [7, 11) is 0. The summed E-state index contributed by atoms with van der Waals surface area (Å²) in [6, 6.07) is 13.8. The molecule has 0 aliphatic rings. The molecule has 0 aliphatic carbocycles. The van der Waals surface area contributed by atoms with Crippen molar-refractivity contribution in [1.29, 1.82) is 5.41 Å². The Balaban J connectivity index is 2.07. The van der Waals surface area contributed by atoms with E-state index in [1.54, 1.807) is 31.2 Å². The van der Waals surface area contributed by atoms with Crippen LogP contribution in [-0.4, -0.2) is 5.84 Å². The third-order valence-corrected chi connectivity index (χ3v) is 2.99. The van der Waals surface area contributed by atoms with E-state index in [1.807, 2.05) is 18.2 Å². The highest BCUT2D eigenvalue weighted by molar-refractivity contribution is 5.94. The van der Waals surface area contributed by atoms with Crippen LogP contribution in [0.4, 0.5) is 10.1 Å². The van der Waals surface area contributed by atoms with Crippen molar-refractivity contribution in [2.75, 3.05) is 5.32 Å². The smallest absolute Gasteiger partial charge is 0.138 e. The normalized spacial score (nSPS) is 10.7. The molecule has 4 heteroatoms. The highest BCUT2D eigenvalue weighted by Crippen LogP contribution is 2.30. The molecule has 0 bridgehead atoms. The number of halogens is 1. The number of fused-ring (bicyclic) bond motifs is 1. The first-order valence-electron chi connectivity index (χ1n) is 6.24. The maximum absolute atomic E-state index is 13.8. The molecule has 0 unspecified atom stereocenters. The van der Waals surface area contributed by atoms with Crippen molar-refractivity contribution in [3.8, 4) is 11.3 Å². The standard InChI is InChI=1S/C16H13FN2O/c1-10(18)19-12-6-7-15-11(8-12)9-16(20-15)13-4-2-3-5-14(13)17/h2-9H,1H3,(H2,18,19). The maximum Gasteiger partial charge on any atom is 0.138 e. The van der Waals surface area contributed by atoms with Gasteiger partial charge in [0.05, 0.1) is 11.4 Å². The molecule has 0 atom stereocenters. The fraction of sp³-hybridized carbons (Fsp3) is 0.0625. The zero-order valence-corrected chi connectivity index (χ0v) is 10.9. The second-order valence-corrected chi connectivity index (χ2v) is 4.59. The molecule has 0 saturated carbocycles. The van der Waals surface area contributed by atoms with Gasteiger partial charge in [-0.15, -0.1) is 0 Å². The van der Waals surface area contributed by atoms with Gasteiger partial charge in [-0.05, 0) is 43.3 Å². The number of hydrogen-bond donors (Lipinski definition) is 2. The first-order valence-corrected chi connectivity index (χ1v) is 6.24. The van der Waals surface area contributed by atoms with Crippen LogP contribution in [0, 0.1) is 11.2 Å². The van der Waals surface area contributed by atoms with Gasteiger partial charge in [0, 0.05) is 11.1 Å². The van der Waals surface area contributed by atoms with Crippen LogP contribution in [-0.2, 0) is 0 Å². The van der Waals surface area contributed by atoms with Gasteiger partial charge in [0.15, 0.2) is 0 Å². The molecule has 0 fully saturated rings. The Morgan fingerprint density at radius 3 is 2.70 bits per heavy atom. The molecular weight excluding hydrogens is 255 g/mol. The summed E-state index contributed by atoms with van der Waals surface area (Å²) in [6.07, 6.45) is 0. The van der Waals surface area contributed by atoms with Crippen LogP contribution in [0.5, 0.6) is 0 Å². The van der Waals surface area contributed by atoms with E-state index in [-0.39, 0.29) is 5.82 Å². The summed E-state index contributed by atoms with van der Waals surface area (Å²) in [5.74, 6) is 0.559. The average Bonchev–Trinajstić information content (AvgIpc) is 2.81. The largest absolute Gasteiger partial charge is 0.456 e. The van der Waals surface area contributed by atoms with E-state index in [1.165, 1.54) is 6.07 Å². The molecule has 100 valence electrons. The Bertz CT molecular complexity index is 792. The van der Waals surface area contributed by atoms with Gasteiger partial charge in [0.25, 0.3) is 0 Å². The van der Waals surface area contributed by atoms with Crippen LogP contribution in [0.2, 0.25) is 0 Å². The Labute approximate surface area is 115 Å². The maximum atomic E-state index is 13.8. The second-order valence-electron chi connectivity index (χ2n) is 4.59. The van der Waals surface area contributed by atoms with E-state index >= 15 is 0 Å². The minimum Gasteiger partial charge on any atom is -0.456 e. The van der Waals surface area contributed by atoms with E-state index in [9.17, 15) is 4.39 Å². The predicted octanol–water partition coefficient (Wildman–Crippen LogP) is 4.65. The van der Waals surface area contributed by atoms with Crippen LogP contribution in [0.1, 0.15) is 6.92 Å². The Morgan fingerprint density at radius 1 is 1.15 bits per heavy atom. The Hall–Kier alpha value is -2.62. The van der Waals surface area contributed by atoms with E-state index in [0.29, 0.717) is 22.7 Å². The molecule has 0 amide bonds. The number of anilines is 1. The highest BCUT2D eigenvalue weighted by atomic mass is 19.1. The van der Waals surface area contributed by atoms with Gasteiger partial charge in [-0.2, -0.15) is 0 Å². The van der Waals surface area contributed by atoms with Crippen LogP contribution < -0.4 is 5.32 Å². The van der Waals surface area contributed by atoms with Crippen LogP contribution in [0.3, 0.4) is 0 Å². The average molecular weight is 268 g/mol. The molecule has 2 aromatic carbocycles. The predicted molar refractivity (Wildman–Crippen MR) is 78.6 cm³/mol. The Kier molecular flexibility index (Phi) is 2.99. The molecule has 3 nitrogen and oxygen atoms in total. The molecule has 2 N–H and O–H groups in total. The minimum atomic E-state index is -0.305. The quantitative estimate of drug-likeness (QED) is 0.525. The molecule has 0 spiro atoms. The first kappa shape index (κ1) is 12.4. The van der Waals surface area contributed by atoms with Gasteiger partial charge in [0.1, 0.15) is 17.2 Å². The number of furan rings is 1. The summed E-state index contributed by atoms with van der Waals surface area (Å²) >= 11 is 0. The summed E-state index contributed by atoms with van der Waals surface area (Å²) in [5, 5.41) is 11.2. The molecule has 0 aliphatic heterocycles. The molecule has 3 aromatic rings. The van der Waals surface area contributed by atoms with Gasteiger partial charge in [-0.3, -0.25) is 5.41 Å². The zero-order valence-electron chi connectivity index (χ0n) is 10.9. The van der Waals surface area contributed by atoms with Gasteiger partial charge in [0.2, 0.25) is 0 Å². The lowest BCUT2D eigenvalue weighted by Crippen LogP contribution is -2.04. The molecular formula is C16H13FN2O. The van der Waals surface area contributed by atoms with Crippen molar-refractivity contribution in [3.05, 3.63) is 54.3 Å². The lowest BCUT2D eigenvalue weighted by Gasteiger charge is -2.02. The fourth-order valence-electron chi connectivity index (χ4n) is 2.13. The van der Waals surface area contributed by atoms with Crippen molar-refractivity contribution in [1.82, 2.24) is 0 Å². The number of rotatable bonds is 2. The van der Waals surface area contributed by atoms with Gasteiger partial charge in [-0.1, -0.05) is 12.1 Å². The minimum absolute atomic E-state index is 0.305. The fourth-order valence-corrected chi connectivity index (χ4v) is 2.13. The SMILES string of the molecule is CC(=N)Nc1ccc2oc(-c3ccccc3F)cc2c1. The highest BCUT2D eigenvalue weighted by Gasteiger charge is 2.10. The number of hydrogen-bond acceptors (Lipinski definition) is 2. The number of amidine groups is 1. The van der Waals surface area contributed by atoms with E-state index < -0.39 is 0 Å². The van der Waals surface area contributed by atoms with E-state index in [4.69, 9.17) is 9.83 Å². The van der Waals surface area contributed by atoms with Crippen LogP contribution >= 0.6 is 0 Å². The van der Waals surface area contributed by atoms with Crippen molar-refractivity contribution >= 4 is 22.5 Å². The van der Waals surface area contributed by atoms with E-state index in [2.05, 4.69) is 5.32 Å². The van der Waals surface area contributed by atoms with Crippen molar-refractivity contribution < 1.29 is 8.81 Å².